The lowest BCUT2D eigenvalue weighted by atomic mass is 10.2. The zero-order chi connectivity index (χ0) is 14.6. The molecule has 2 aromatic rings. The maximum Gasteiger partial charge on any atom is 0.214 e. The molecule has 0 amide bonds. The number of nitrogens with one attached hydrogen (secondary N) is 2. The Labute approximate surface area is 122 Å². The normalized spacial score (nSPS) is 12.2. The van der Waals surface area contributed by atoms with E-state index in [1.54, 1.807) is 31.6 Å². The van der Waals surface area contributed by atoms with Crippen LogP contribution in [0.4, 0.5) is 0 Å². The summed E-state index contributed by atoms with van der Waals surface area (Å²) in [7, 11) is -0.0592. The average molecular weight is 314 g/mol. The van der Waals surface area contributed by atoms with Crippen LogP contribution in [0.3, 0.4) is 0 Å². The molecule has 0 unspecified atom stereocenters. The molecule has 0 bridgehead atoms. The molecule has 2 heterocycles. The molecule has 6 nitrogen and oxygen atoms in total. The van der Waals surface area contributed by atoms with Crippen LogP contribution in [0.15, 0.2) is 23.7 Å². The first-order chi connectivity index (χ1) is 9.50. The van der Waals surface area contributed by atoms with E-state index in [1.807, 2.05) is 17.5 Å². The summed E-state index contributed by atoms with van der Waals surface area (Å²) in [4.78, 5) is 1.13. The predicted octanol–water partition coefficient (Wildman–Crippen LogP) is 1.12. The summed E-state index contributed by atoms with van der Waals surface area (Å²) in [6.45, 7) is 1.00. The first kappa shape index (κ1) is 15.2. The van der Waals surface area contributed by atoms with Gasteiger partial charge in [-0.25, -0.2) is 12.7 Å². The Balaban J connectivity index is 1.89. The topological polar surface area (TPSA) is 78.1 Å². The Morgan fingerprint density at radius 3 is 2.90 bits per heavy atom. The quantitative estimate of drug-likeness (QED) is 0.751. The lowest BCUT2D eigenvalue weighted by Crippen LogP contribution is -2.31. The summed E-state index contributed by atoms with van der Waals surface area (Å²) < 4.78 is 24.5. The molecule has 0 atom stereocenters. The Morgan fingerprint density at radius 1 is 1.45 bits per heavy atom. The van der Waals surface area contributed by atoms with Crippen molar-refractivity contribution in [3.63, 3.8) is 0 Å². The molecule has 110 valence electrons. The number of H-pyrrole nitrogens is 1. The minimum atomic E-state index is -3.14. The fraction of sp³-hybridized carbons (Fsp3) is 0.417. The number of sulfonamides is 1. The van der Waals surface area contributed by atoms with Crippen molar-refractivity contribution in [2.24, 2.45) is 0 Å². The second-order valence-electron chi connectivity index (χ2n) is 4.52. The standard InChI is InChI=1S/C12H18N4O2S2/c1-16(2)20(17,18)7-5-13-8-10-9-14-15-12(10)11-4-3-6-19-11/h3-4,6,9,13H,5,7-8H2,1-2H3,(H,14,15). The number of nitrogens with zero attached hydrogens (tertiary/aromatic N) is 2. The van der Waals surface area contributed by atoms with E-state index in [0.717, 1.165) is 16.1 Å². The van der Waals surface area contributed by atoms with E-state index >= 15 is 0 Å². The van der Waals surface area contributed by atoms with Gasteiger partial charge in [0.1, 0.15) is 0 Å². The van der Waals surface area contributed by atoms with Crippen molar-refractivity contribution in [3.8, 4) is 10.6 Å². The van der Waals surface area contributed by atoms with Crippen molar-refractivity contribution < 1.29 is 8.42 Å². The fourth-order valence-corrected chi connectivity index (χ4v) is 3.21. The third kappa shape index (κ3) is 3.66. The van der Waals surface area contributed by atoms with Crippen molar-refractivity contribution >= 4 is 21.4 Å². The predicted molar refractivity (Wildman–Crippen MR) is 81.1 cm³/mol. The van der Waals surface area contributed by atoms with Gasteiger partial charge in [-0.15, -0.1) is 11.3 Å². The molecule has 0 radical (unpaired) electrons. The Kier molecular flexibility index (Phi) is 4.92. The van der Waals surface area contributed by atoms with Crippen molar-refractivity contribution in [1.82, 2.24) is 19.8 Å². The highest BCUT2D eigenvalue weighted by atomic mass is 32.2. The van der Waals surface area contributed by atoms with E-state index in [9.17, 15) is 8.42 Å². The van der Waals surface area contributed by atoms with E-state index in [-0.39, 0.29) is 5.75 Å². The van der Waals surface area contributed by atoms with Gasteiger partial charge in [0.05, 0.1) is 22.5 Å². The second kappa shape index (κ2) is 6.49. The van der Waals surface area contributed by atoms with Gasteiger partial charge in [0.15, 0.2) is 0 Å². The first-order valence-corrected chi connectivity index (χ1v) is 8.66. The minimum Gasteiger partial charge on any atom is -0.311 e. The largest absolute Gasteiger partial charge is 0.311 e. The highest BCUT2D eigenvalue weighted by molar-refractivity contribution is 7.89. The van der Waals surface area contributed by atoms with Crippen LogP contribution in [0.25, 0.3) is 10.6 Å². The molecular formula is C12H18N4O2S2. The zero-order valence-electron chi connectivity index (χ0n) is 11.5. The molecule has 2 rings (SSSR count). The summed E-state index contributed by atoms with van der Waals surface area (Å²) in [6, 6.07) is 4.01. The average Bonchev–Trinajstić information content (AvgIpc) is 3.04. The maximum atomic E-state index is 11.6. The number of aromatic amines is 1. The van der Waals surface area contributed by atoms with Crippen molar-refractivity contribution in [3.05, 3.63) is 29.3 Å². The van der Waals surface area contributed by atoms with Crippen molar-refractivity contribution in [2.75, 3.05) is 26.4 Å². The van der Waals surface area contributed by atoms with Gasteiger partial charge in [0.25, 0.3) is 0 Å². The van der Waals surface area contributed by atoms with Gasteiger partial charge < -0.3 is 5.32 Å². The van der Waals surface area contributed by atoms with E-state index in [1.165, 1.54) is 4.31 Å². The molecular weight excluding hydrogens is 296 g/mol. The molecule has 0 saturated heterocycles. The fourth-order valence-electron chi connectivity index (χ4n) is 1.69. The molecule has 2 aromatic heterocycles. The van der Waals surface area contributed by atoms with Gasteiger partial charge >= 0.3 is 0 Å². The zero-order valence-corrected chi connectivity index (χ0v) is 13.1. The third-order valence-corrected chi connectivity index (χ3v) is 5.61. The van der Waals surface area contributed by atoms with Gasteiger partial charge in [0.2, 0.25) is 10.0 Å². The van der Waals surface area contributed by atoms with E-state index in [4.69, 9.17) is 0 Å². The van der Waals surface area contributed by atoms with Crippen molar-refractivity contribution in [2.45, 2.75) is 6.54 Å². The highest BCUT2D eigenvalue weighted by Crippen LogP contribution is 2.25. The maximum absolute atomic E-state index is 11.6. The van der Waals surface area contributed by atoms with E-state index in [2.05, 4.69) is 15.5 Å². The number of thiophene rings is 1. The van der Waals surface area contributed by atoms with E-state index < -0.39 is 10.0 Å². The van der Waals surface area contributed by atoms with Crippen LogP contribution < -0.4 is 5.32 Å². The SMILES string of the molecule is CN(C)S(=O)(=O)CCNCc1cn[nH]c1-c1cccs1. The van der Waals surface area contributed by atoms with Crippen LogP contribution in [0.2, 0.25) is 0 Å². The molecule has 0 saturated carbocycles. The molecule has 0 aliphatic carbocycles. The van der Waals surface area contributed by atoms with Gasteiger partial charge in [-0.3, -0.25) is 5.10 Å². The first-order valence-electron chi connectivity index (χ1n) is 6.18. The summed E-state index contributed by atoms with van der Waals surface area (Å²) in [5.74, 6) is 0.0895. The Hall–Kier alpha value is -1.22. The molecule has 20 heavy (non-hydrogen) atoms. The number of hydrogen-bond donors (Lipinski definition) is 2. The lowest BCUT2D eigenvalue weighted by Gasteiger charge is -2.11. The second-order valence-corrected chi connectivity index (χ2v) is 7.77. The lowest BCUT2D eigenvalue weighted by molar-refractivity contribution is 0.517. The minimum absolute atomic E-state index is 0.0895. The number of hydrogen-bond acceptors (Lipinski definition) is 5. The molecule has 0 spiro atoms. The molecule has 0 fully saturated rings. The number of rotatable bonds is 7. The number of aromatic nitrogens is 2. The van der Waals surface area contributed by atoms with Gasteiger partial charge in [-0.2, -0.15) is 5.10 Å². The van der Waals surface area contributed by atoms with Gasteiger partial charge in [-0.05, 0) is 11.4 Å². The van der Waals surface area contributed by atoms with Crippen LogP contribution in [0.5, 0.6) is 0 Å². The molecule has 2 N–H and O–H groups in total. The summed E-state index contributed by atoms with van der Waals surface area (Å²) in [5.41, 5.74) is 2.03. The smallest absolute Gasteiger partial charge is 0.214 e. The highest BCUT2D eigenvalue weighted by Gasteiger charge is 2.13. The van der Waals surface area contributed by atoms with Crippen LogP contribution in [0.1, 0.15) is 5.56 Å². The van der Waals surface area contributed by atoms with Gasteiger partial charge in [0, 0.05) is 32.7 Å². The van der Waals surface area contributed by atoms with E-state index in [0.29, 0.717) is 13.1 Å². The van der Waals surface area contributed by atoms with Crippen LogP contribution in [0, 0.1) is 0 Å². The monoisotopic (exact) mass is 314 g/mol. The summed E-state index contributed by atoms with van der Waals surface area (Å²) in [6.07, 6.45) is 1.77. The van der Waals surface area contributed by atoms with Crippen LogP contribution >= 0.6 is 11.3 Å². The van der Waals surface area contributed by atoms with Gasteiger partial charge in [-0.1, -0.05) is 6.07 Å². The molecule has 0 aliphatic rings. The summed E-state index contributed by atoms with van der Waals surface area (Å²) in [5, 5.41) is 12.2. The molecule has 0 aromatic carbocycles. The van der Waals surface area contributed by atoms with Crippen LogP contribution in [-0.4, -0.2) is 49.3 Å². The Morgan fingerprint density at radius 2 is 2.25 bits per heavy atom. The third-order valence-electron chi connectivity index (χ3n) is 2.89. The molecule has 0 aliphatic heterocycles. The molecule has 8 heteroatoms. The summed E-state index contributed by atoms with van der Waals surface area (Å²) >= 11 is 1.64. The van der Waals surface area contributed by atoms with Crippen LogP contribution in [-0.2, 0) is 16.6 Å². The Bertz CT molecular complexity index is 632. The van der Waals surface area contributed by atoms with Crippen molar-refractivity contribution in [1.29, 1.82) is 0 Å².